The number of nitrogens with one attached hydrogen (secondary N) is 1. The zero-order chi connectivity index (χ0) is 19.4. The van der Waals surface area contributed by atoms with Crippen LogP contribution in [0.4, 0.5) is 11.4 Å². The third kappa shape index (κ3) is 4.75. The summed E-state index contributed by atoms with van der Waals surface area (Å²) >= 11 is 4.55. The Balaban J connectivity index is 1.65. The quantitative estimate of drug-likeness (QED) is 0.339. The molecule has 7 nitrogen and oxygen atoms in total. The van der Waals surface area contributed by atoms with Crippen molar-refractivity contribution in [2.24, 2.45) is 0 Å². The highest BCUT2D eigenvalue weighted by Gasteiger charge is 2.13. The fourth-order valence-electron chi connectivity index (χ4n) is 2.41. The molecule has 0 saturated heterocycles. The van der Waals surface area contributed by atoms with Gasteiger partial charge in [0.25, 0.3) is 5.69 Å². The monoisotopic (exact) mass is 446 g/mol. The van der Waals surface area contributed by atoms with E-state index in [-0.39, 0.29) is 17.3 Å². The molecular weight excluding hydrogens is 432 g/mol. The normalized spacial score (nSPS) is 10.6. The van der Waals surface area contributed by atoms with E-state index in [0.29, 0.717) is 15.3 Å². The predicted molar refractivity (Wildman–Crippen MR) is 108 cm³/mol. The van der Waals surface area contributed by atoms with E-state index in [4.69, 9.17) is 0 Å². The molecule has 9 heteroatoms. The average Bonchev–Trinajstić information content (AvgIpc) is 3.10. The van der Waals surface area contributed by atoms with Crippen LogP contribution in [0.5, 0.6) is 0 Å². The van der Waals surface area contributed by atoms with Gasteiger partial charge in [0.15, 0.2) is 5.16 Å². The van der Waals surface area contributed by atoms with Crippen LogP contribution in [0.15, 0.2) is 64.5 Å². The molecule has 0 aliphatic carbocycles. The Labute approximate surface area is 168 Å². The molecule has 3 rings (SSSR count). The van der Waals surface area contributed by atoms with Gasteiger partial charge in [0, 0.05) is 34.7 Å². The summed E-state index contributed by atoms with van der Waals surface area (Å²) in [4.78, 5) is 26.9. The number of hydrogen-bond acceptors (Lipinski definition) is 5. The summed E-state index contributed by atoms with van der Waals surface area (Å²) in [7, 11) is 0. The van der Waals surface area contributed by atoms with Gasteiger partial charge in [-0.2, -0.15) is 0 Å². The number of carbonyl (C=O) groups is 1. The molecule has 0 radical (unpaired) electrons. The lowest BCUT2D eigenvalue weighted by Crippen LogP contribution is -2.15. The first kappa shape index (κ1) is 19.1. The number of hydrogen-bond donors (Lipinski definition) is 1. The maximum absolute atomic E-state index is 12.3. The van der Waals surface area contributed by atoms with E-state index < -0.39 is 4.92 Å². The molecule has 2 aromatic carbocycles. The van der Waals surface area contributed by atoms with Crippen LogP contribution in [0.1, 0.15) is 5.56 Å². The van der Waals surface area contributed by atoms with Crippen molar-refractivity contribution < 1.29 is 9.72 Å². The lowest BCUT2D eigenvalue weighted by atomic mass is 10.2. The molecule has 0 aliphatic rings. The summed E-state index contributed by atoms with van der Waals surface area (Å²) in [6.45, 7) is 2.02. The third-order valence-corrected chi connectivity index (χ3v) is 5.28. The Morgan fingerprint density at radius 2 is 2.15 bits per heavy atom. The van der Waals surface area contributed by atoms with E-state index in [1.165, 1.54) is 30.0 Å². The summed E-state index contributed by atoms with van der Waals surface area (Å²) in [5.41, 5.74) is 2.55. The maximum atomic E-state index is 12.3. The number of rotatable bonds is 6. The van der Waals surface area contributed by atoms with Crippen LogP contribution in [0.25, 0.3) is 5.69 Å². The second-order valence-electron chi connectivity index (χ2n) is 5.68. The van der Waals surface area contributed by atoms with Crippen LogP contribution in [0.3, 0.4) is 0 Å². The summed E-state index contributed by atoms with van der Waals surface area (Å²) in [6, 6.07) is 12.2. The Morgan fingerprint density at radius 1 is 1.33 bits per heavy atom. The molecule has 0 bridgehead atoms. The second kappa shape index (κ2) is 8.36. The Bertz CT molecular complexity index is 1010. The molecule has 0 aliphatic heterocycles. The minimum absolute atomic E-state index is 0.0468. The molecule has 0 saturated carbocycles. The number of amides is 1. The number of anilines is 1. The summed E-state index contributed by atoms with van der Waals surface area (Å²) in [6.07, 6.45) is 3.54. The molecule has 1 N–H and O–H groups in total. The number of aryl methyl sites for hydroxylation is 1. The zero-order valence-corrected chi connectivity index (χ0v) is 16.7. The number of benzene rings is 2. The minimum Gasteiger partial charge on any atom is -0.324 e. The molecule has 0 spiro atoms. The van der Waals surface area contributed by atoms with Gasteiger partial charge in [0.05, 0.1) is 16.4 Å². The Hall–Kier alpha value is -2.65. The van der Waals surface area contributed by atoms with Gasteiger partial charge < -0.3 is 5.32 Å². The minimum atomic E-state index is -0.489. The molecule has 3 aromatic rings. The van der Waals surface area contributed by atoms with Crippen LogP contribution < -0.4 is 5.32 Å². The SMILES string of the molecule is Cc1cccc(-n2ccnc2SCC(=O)Nc2ccc([N+](=O)[O-])cc2Br)c1. The number of aromatic nitrogens is 2. The molecular formula is C18H15BrN4O3S. The Kier molecular flexibility index (Phi) is 5.92. The van der Waals surface area contributed by atoms with E-state index in [2.05, 4.69) is 26.2 Å². The number of imidazole rings is 1. The molecule has 27 heavy (non-hydrogen) atoms. The van der Waals surface area contributed by atoms with Crippen molar-refractivity contribution in [2.75, 3.05) is 11.1 Å². The van der Waals surface area contributed by atoms with Gasteiger partial charge in [0.2, 0.25) is 5.91 Å². The number of non-ortho nitro benzene ring substituents is 1. The van der Waals surface area contributed by atoms with E-state index >= 15 is 0 Å². The van der Waals surface area contributed by atoms with Crippen LogP contribution in [0, 0.1) is 17.0 Å². The van der Waals surface area contributed by atoms with E-state index in [9.17, 15) is 14.9 Å². The predicted octanol–water partition coefficient (Wildman–Crippen LogP) is 4.58. The number of nitrogens with zero attached hydrogens (tertiary/aromatic N) is 3. The summed E-state index contributed by atoms with van der Waals surface area (Å²) < 4.78 is 2.38. The van der Waals surface area contributed by atoms with E-state index in [1.807, 2.05) is 42.0 Å². The van der Waals surface area contributed by atoms with E-state index in [0.717, 1.165) is 11.3 Å². The fourth-order valence-corrected chi connectivity index (χ4v) is 3.65. The molecule has 0 fully saturated rings. The smallest absolute Gasteiger partial charge is 0.270 e. The van der Waals surface area contributed by atoms with Crippen molar-refractivity contribution in [3.63, 3.8) is 0 Å². The molecule has 1 heterocycles. The van der Waals surface area contributed by atoms with Crippen molar-refractivity contribution in [1.82, 2.24) is 9.55 Å². The highest BCUT2D eigenvalue weighted by atomic mass is 79.9. The first-order chi connectivity index (χ1) is 12.9. The number of nitro groups is 1. The number of halogens is 1. The molecule has 1 aromatic heterocycles. The van der Waals surface area contributed by atoms with Crippen LogP contribution in [0.2, 0.25) is 0 Å². The number of nitro benzene ring substituents is 1. The van der Waals surface area contributed by atoms with Gasteiger partial charge in [-0.05, 0) is 46.6 Å². The standard InChI is InChI=1S/C18H15BrN4O3S/c1-12-3-2-4-13(9-12)22-8-7-20-18(22)27-11-17(24)21-16-6-5-14(23(25)26)10-15(16)19/h2-10H,11H2,1H3,(H,21,24). The first-order valence-corrected chi connectivity index (χ1v) is 9.69. The summed E-state index contributed by atoms with van der Waals surface area (Å²) in [5.74, 6) is -0.0694. The maximum Gasteiger partial charge on any atom is 0.270 e. The van der Waals surface area contributed by atoms with Gasteiger partial charge in [-0.3, -0.25) is 19.5 Å². The van der Waals surface area contributed by atoms with Crippen molar-refractivity contribution in [3.05, 3.63) is 75.0 Å². The first-order valence-electron chi connectivity index (χ1n) is 7.91. The van der Waals surface area contributed by atoms with E-state index in [1.54, 1.807) is 6.20 Å². The largest absolute Gasteiger partial charge is 0.324 e. The highest BCUT2D eigenvalue weighted by Crippen LogP contribution is 2.28. The van der Waals surface area contributed by atoms with Crippen LogP contribution in [-0.4, -0.2) is 26.1 Å². The van der Waals surface area contributed by atoms with Crippen LogP contribution in [-0.2, 0) is 4.79 Å². The second-order valence-corrected chi connectivity index (χ2v) is 7.47. The molecule has 1 amide bonds. The lowest BCUT2D eigenvalue weighted by Gasteiger charge is -2.09. The molecule has 0 unspecified atom stereocenters. The topological polar surface area (TPSA) is 90.1 Å². The Morgan fingerprint density at radius 3 is 2.85 bits per heavy atom. The van der Waals surface area contributed by atoms with Gasteiger partial charge in [-0.1, -0.05) is 23.9 Å². The number of thioether (sulfide) groups is 1. The van der Waals surface area contributed by atoms with Gasteiger partial charge in [-0.15, -0.1) is 0 Å². The molecule has 0 atom stereocenters. The number of carbonyl (C=O) groups excluding carboxylic acids is 1. The van der Waals surface area contributed by atoms with Crippen molar-refractivity contribution >= 4 is 45.0 Å². The van der Waals surface area contributed by atoms with Crippen molar-refractivity contribution in [1.29, 1.82) is 0 Å². The average molecular weight is 447 g/mol. The lowest BCUT2D eigenvalue weighted by molar-refractivity contribution is -0.384. The summed E-state index contributed by atoms with van der Waals surface area (Å²) in [5, 5.41) is 14.2. The van der Waals surface area contributed by atoms with Gasteiger partial charge in [0.1, 0.15) is 0 Å². The molecule has 138 valence electrons. The van der Waals surface area contributed by atoms with Gasteiger partial charge >= 0.3 is 0 Å². The third-order valence-electron chi connectivity index (χ3n) is 3.66. The van der Waals surface area contributed by atoms with Crippen LogP contribution >= 0.6 is 27.7 Å². The zero-order valence-electron chi connectivity index (χ0n) is 14.3. The van der Waals surface area contributed by atoms with Gasteiger partial charge in [-0.25, -0.2) is 4.98 Å². The highest BCUT2D eigenvalue weighted by molar-refractivity contribution is 9.10. The van der Waals surface area contributed by atoms with Crippen molar-refractivity contribution in [3.8, 4) is 5.69 Å². The fraction of sp³-hybridized carbons (Fsp3) is 0.111. The van der Waals surface area contributed by atoms with Crippen molar-refractivity contribution in [2.45, 2.75) is 12.1 Å².